The van der Waals surface area contributed by atoms with E-state index in [0.29, 0.717) is 22.5 Å². The lowest BCUT2D eigenvalue weighted by Crippen LogP contribution is -2.14. The average Bonchev–Trinajstić information content (AvgIpc) is 2.90. The molecule has 2 N–H and O–H groups in total. The van der Waals surface area contributed by atoms with Gasteiger partial charge in [-0.3, -0.25) is 0 Å². The highest BCUT2D eigenvalue weighted by Gasteiger charge is 2.20. The smallest absolute Gasteiger partial charge is 0.137 e. The number of halogens is 3. The van der Waals surface area contributed by atoms with Gasteiger partial charge in [-0.05, 0) is 63.3 Å². The molecule has 110 valence electrons. The average molecular weight is 371 g/mol. The largest absolute Gasteiger partial charge is 0.493 e. The molecule has 0 bridgehead atoms. The van der Waals surface area contributed by atoms with Crippen LogP contribution in [0.4, 0.5) is 4.39 Å². The van der Waals surface area contributed by atoms with Gasteiger partial charge in [0, 0.05) is 17.5 Å². The van der Waals surface area contributed by atoms with Crippen molar-refractivity contribution in [2.75, 3.05) is 6.61 Å². The Kier molecular flexibility index (Phi) is 4.20. The fraction of sp³-hybridized carbons (Fsp3) is 0.250. The van der Waals surface area contributed by atoms with E-state index >= 15 is 0 Å². The molecule has 0 aromatic heterocycles. The van der Waals surface area contributed by atoms with Gasteiger partial charge in [0.15, 0.2) is 0 Å². The van der Waals surface area contributed by atoms with Crippen molar-refractivity contribution < 1.29 is 9.13 Å². The fourth-order valence-electron chi connectivity index (χ4n) is 2.60. The number of hydrogen-bond donors (Lipinski definition) is 1. The normalized spacial score (nSPS) is 14.7. The van der Waals surface area contributed by atoms with Crippen LogP contribution in [0, 0.1) is 5.82 Å². The molecule has 1 aliphatic heterocycles. The minimum absolute atomic E-state index is 0.306. The van der Waals surface area contributed by atoms with Gasteiger partial charge in [0.2, 0.25) is 0 Å². The van der Waals surface area contributed by atoms with E-state index in [1.165, 1.54) is 6.07 Å². The van der Waals surface area contributed by atoms with Gasteiger partial charge in [-0.25, -0.2) is 4.39 Å². The zero-order valence-corrected chi connectivity index (χ0v) is 13.5. The Morgan fingerprint density at radius 1 is 1.33 bits per heavy atom. The molecule has 2 aromatic carbocycles. The highest BCUT2D eigenvalue weighted by molar-refractivity contribution is 9.10. The van der Waals surface area contributed by atoms with E-state index in [0.717, 1.165) is 28.9 Å². The Hall–Kier alpha value is -1.10. The Balaban J connectivity index is 1.88. The lowest BCUT2D eigenvalue weighted by atomic mass is 9.97. The van der Waals surface area contributed by atoms with E-state index in [2.05, 4.69) is 15.9 Å². The molecule has 1 heterocycles. The van der Waals surface area contributed by atoms with Crippen molar-refractivity contribution in [3.63, 3.8) is 0 Å². The van der Waals surface area contributed by atoms with Crippen molar-refractivity contribution in [1.82, 2.24) is 0 Å². The van der Waals surface area contributed by atoms with Crippen LogP contribution in [0.3, 0.4) is 0 Å². The predicted molar refractivity (Wildman–Crippen MR) is 85.4 cm³/mol. The minimum Gasteiger partial charge on any atom is -0.493 e. The molecule has 0 aliphatic carbocycles. The van der Waals surface area contributed by atoms with Gasteiger partial charge in [0.1, 0.15) is 11.6 Å². The van der Waals surface area contributed by atoms with Crippen molar-refractivity contribution in [1.29, 1.82) is 0 Å². The summed E-state index contributed by atoms with van der Waals surface area (Å²) in [5.74, 6) is 0.572. The molecule has 21 heavy (non-hydrogen) atoms. The van der Waals surface area contributed by atoms with E-state index in [9.17, 15) is 4.39 Å². The molecule has 1 unspecified atom stereocenters. The summed E-state index contributed by atoms with van der Waals surface area (Å²) in [7, 11) is 0. The van der Waals surface area contributed by atoms with E-state index in [1.54, 1.807) is 6.07 Å². The molecule has 5 heteroatoms. The van der Waals surface area contributed by atoms with Crippen molar-refractivity contribution in [2.24, 2.45) is 5.73 Å². The van der Waals surface area contributed by atoms with Gasteiger partial charge >= 0.3 is 0 Å². The Labute approximate surface area is 136 Å². The molecule has 2 nitrogen and oxygen atoms in total. The van der Waals surface area contributed by atoms with Crippen LogP contribution in [0.15, 0.2) is 34.8 Å². The van der Waals surface area contributed by atoms with E-state index in [-0.39, 0.29) is 11.9 Å². The summed E-state index contributed by atoms with van der Waals surface area (Å²) in [5.41, 5.74) is 9.06. The maximum atomic E-state index is 13.6. The standard InChI is InChI=1S/C16H14BrClFNO/c17-13-2-1-9(7-14(13)19)15(20)8-11-6-12(18)5-10-3-4-21-16(10)11/h1-2,5-7,15H,3-4,8,20H2. The highest BCUT2D eigenvalue weighted by Crippen LogP contribution is 2.35. The first kappa shape index (κ1) is 14.8. The second kappa shape index (κ2) is 5.95. The van der Waals surface area contributed by atoms with Crippen LogP contribution in [0.25, 0.3) is 0 Å². The minimum atomic E-state index is -0.310. The maximum absolute atomic E-state index is 13.6. The number of hydrogen-bond acceptors (Lipinski definition) is 2. The SMILES string of the molecule is NC(Cc1cc(Cl)cc2c1OCC2)c1ccc(Br)c(F)c1. The van der Waals surface area contributed by atoms with Crippen LogP contribution in [0.2, 0.25) is 5.02 Å². The zero-order valence-electron chi connectivity index (χ0n) is 11.2. The number of nitrogens with two attached hydrogens (primary N) is 1. The highest BCUT2D eigenvalue weighted by atomic mass is 79.9. The second-order valence-electron chi connectivity index (χ2n) is 5.14. The molecule has 0 fully saturated rings. The third-order valence-electron chi connectivity index (χ3n) is 3.64. The van der Waals surface area contributed by atoms with Crippen molar-refractivity contribution in [2.45, 2.75) is 18.9 Å². The van der Waals surface area contributed by atoms with Crippen molar-refractivity contribution in [3.8, 4) is 5.75 Å². The zero-order chi connectivity index (χ0) is 15.0. The summed E-state index contributed by atoms with van der Waals surface area (Å²) < 4.78 is 19.7. The summed E-state index contributed by atoms with van der Waals surface area (Å²) >= 11 is 9.28. The third kappa shape index (κ3) is 3.07. The second-order valence-corrected chi connectivity index (χ2v) is 6.43. The van der Waals surface area contributed by atoms with Crippen LogP contribution in [-0.2, 0) is 12.8 Å². The topological polar surface area (TPSA) is 35.2 Å². The van der Waals surface area contributed by atoms with E-state index < -0.39 is 0 Å². The summed E-state index contributed by atoms with van der Waals surface area (Å²) in [5, 5.41) is 0.684. The quantitative estimate of drug-likeness (QED) is 0.868. The number of ether oxygens (including phenoxy) is 1. The van der Waals surface area contributed by atoms with Crippen molar-refractivity contribution >= 4 is 27.5 Å². The summed E-state index contributed by atoms with van der Waals surface area (Å²) in [6.45, 7) is 0.671. The van der Waals surface area contributed by atoms with Gasteiger partial charge in [0.25, 0.3) is 0 Å². The summed E-state index contributed by atoms with van der Waals surface area (Å²) in [4.78, 5) is 0. The molecule has 0 radical (unpaired) electrons. The molecule has 2 aromatic rings. The van der Waals surface area contributed by atoms with Gasteiger partial charge in [-0.15, -0.1) is 0 Å². The molecule has 3 rings (SSSR count). The molecule has 1 aliphatic rings. The summed E-state index contributed by atoms with van der Waals surface area (Å²) in [6.07, 6.45) is 1.43. The van der Waals surface area contributed by atoms with Crippen LogP contribution < -0.4 is 10.5 Å². The lowest BCUT2D eigenvalue weighted by Gasteiger charge is -2.15. The number of fused-ring (bicyclic) bond motifs is 1. The first-order chi connectivity index (χ1) is 10.0. The maximum Gasteiger partial charge on any atom is 0.137 e. The Morgan fingerprint density at radius 2 is 2.14 bits per heavy atom. The van der Waals surface area contributed by atoms with Crippen LogP contribution >= 0.6 is 27.5 Å². The Bertz CT molecular complexity index is 692. The first-order valence-electron chi connectivity index (χ1n) is 6.69. The summed E-state index contributed by atoms with van der Waals surface area (Å²) in [6, 6.07) is 8.45. The molecule has 0 saturated carbocycles. The van der Waals surface area contributed by atoms with Crippen LogP contribution in [-0.4, -0.2) is 6.61 Å². The van der Waals surface area contributed by atoms with Crippen LogP contribution in [0.5, 0.6) is 5.75 Å². The number of benzene rings is 2. The monoisotopic (exact) mass is 369 g/mol. The molecular formula is C16H14BrClFNO. The molecule has 0 amide bonds. The number of rotatable bonds is 3. The van der Waals surface area contributed by atoms with Gasteiger partial charge in [-0.2, -0.15) is 0 Å². The van der Waals surface area contributed by atoms with E-state index in [4.69, 9.17) is 22.1 Å². The van der Waals surface area contributed by atoms with Gasteiger partial charge in [-0.1, -0.05) is 17.7 Å². The molecule has 0 spiro atoms. The van der Waals surface area contributed by atoms with Gasteiger partial charge in [0.05, 0.1) is 11.1 Å². The molecular weight excluding hydrogens is 357 g/mol. The third-order valence-corrected chi connectivity index (χ3v) is 4.50. The predicted octanol–water partition coefficient (Wildman–Crippen LogP) is 4.42. The fourth-order valence-corrected chi connectivity index (χ4v) is 3.11. The molecule has 1 atom stereocenters. The first-order valence-corrected chi connectivity index (χ1v) is 7.86. The Morgan fingerprint density at radius 3 is 2.90 bits per heavy atom. The lowest BCUT2D eigenvalue weighted by molar-refractivity contribution is 0.352. The van der Waals surface area contributed by atoms with Crippen molar-refractivity contribution in [3.05, 3.63) is 62.3 Å². The molecule has 0 saturated heterocycles. The van der Waals surface area contributed by atoms with Crippen LogP contribution in [0.1, 0.15) is 22.7 Å². The van der Waals surface area contributed by atoms with Gasteiger partial charge < -0.3 is 10.5 Å². The van der Waals surface area contributed by atoms with E-state index in [1.807, 2.05) is 18.2 Å².